The Morgan fingerprint density at radius 3 is 2.43 bits per heavy atom. The maximum absolute atomic E-state index is 11.3. The molecular weight excluding hydrogens is 360 g/mol. The van der Waals surface area contributed by atoms with E-state index >= 15 is 0 Å². The van der Waals surface area contributed by atoms with E-state index in [2.05, 4.69) is 29.6 Å². The van der Waals surface area contributed by atoms with E-state index in [1.807, 2.05) is 18.2 Å². The molecule has 0 radical (unpaired) electrons. The van der Waals surface area contributed by atoms with Crippen LogP contribution in [0.3, 0.4) is 0 Å². The predicted octanol–water partition coefficient (Wildman–Crippen LogP) is 5.19. The highest BCUT2D eigenvalue weighted by molar-refractivity contribution is 5.95. The van der Waals surface area contributed by atoms with Gasteiger partial charge in [0.25, 0.3) is 5.69 Å². The second-order valence-electron chi connectivity index (χ2n) is 7.14. The molecule has 0 amide bonds. The second-order valence-corrected chi connectivity index (χ2v) is 7.14. The standard InChI is InChI=1S/C20H22N4O4/c1-20(15-8-4-2-5-9-15)13-7-3-6-10-19(20)22-21-17-12-11-16(23(25)26)14-18(17)24(27)28/h2,4-5,8-9,11-12,14,21H,3,6-7,10,13H2,1H3. The van der Waals surface area contributed by atoms with E-state index in [-0.39, 0.29) is 22.5 Å². The van der Waals surface area contributed by atoms with Gasteiger partial charge in [0.2, 0.25) is 0 Å². The van der Waals surface area contributed by atoms with Crippen molar-refractivity contribution in [3.63, 3.8) is 0 Å². The van der Waals surface area contributed by atoms with Crippen molar-refractivity contribution < 1.29 is 9.85 Å². The Morgan fingerprint density at radius 2 is 1.75 bits per heavy atom. The minimum Gasteiger partial charge on any atom is -0.272 e. The highest BCUT2D eigenvalue weighted by Gasteiger charge is 2.34. The first-order valence-electron chi connectivity index (χ1n) is 9.23. The predicted molar refractivity (Wildman–Crippen MR) is 108 cm³/mol. The van der Waals surface area contributed by atoms with Gasteiger partial charge in [0.1, 0.15) is 5.69 Å². The lowest BCUT2D eigenvalue weighted by Gasteiger charge is -2.30. The molecule has 0 spiro atoms. The number of anilines is 1. The zero-order valence-corrected chi connectivity index (χ0v) is 15.6. The summed E-state index contributed by atoms with van der Waals surface area (Å²) in [6.45, 7) is 2.15. The number of non-ortho nitro benzene ring substituents is 1. The minimum absolute atomic E-state index is 0.141. The van der Waals surface area contributed by atoms with Gasteiger partial charge in [-0.3, -0.25) is 25.7 Å². The Bertz CT molecular complexity index is 914. The molecule has 2 aromatic carbocycles. The molecule has 2 aromatic rings. The molecule has 0 heterocycles. The van der Waals surface area contributed by atoms with Gasteiger partial charge in [-0.15, -0.1) is 0 Å². The molecule has 8 heteroatoms. The molecule has 1 aliphatic carbocycles. The van der Waals surface area contributed by atoms with Gasteiger partial charge in [0.05, 0.1) is 15.9 Å². The van der Waals surface area contributed by atoms with Crippen molar-refractivity contribution in [2.24, 2.45) is 5.10 Å². The van der Waals surface area contributed by atoms with Crippen LogP contribution in [0, 0.1) is 20.2 Å². The normalized spacial score (nSPS) is 21.1. The Balaban J connectivity index is 1.97. The molecule has 1 atom stereocenters. The lowest BCUT2D eigenvalue weighted by molar-refractivity contribution is -0.393. The van der Waals surface area contributed by atoms with E-state index < -0.39 is 9.85 Å². The molecule has 3 rings (SSSR count). The summed E-state index contributed by atoms with van der Waals surface area (Å²) in [6, 6.07) is 13.6. The van der Waals surface area contributed by atoms with Crippen molar-refractivity contribution in [1.29, 1.82) is 0 Å². The molecule has 0 aliphatic heterocycles. The maximum atomic E-state index is 11.3. The first kappa shape index (κ1) is 19.5. The van der Waals surface area contributed by atoms with Crippen molar-refractivity contribution in [2.45, 2.75) is 44.4 Å². The number of nitro benzene ring substituents is 2. The second kappa shape index (κ2) is 8.16. The van der Waals surface area contributed by atoms with Gasteiger partial charge in [-0.2, -0.15) is 5.10 Å². The fraction of sp³-hybridized carbons (Fsp3) is 0.350. The molecular formula is C20H22N4O4. The molecule has 1 saturated carbocycles. The topological polar surface area (TPSA) is 111 Å². The lowest BCUT2D eigenvalue weighted by Crippen LogP contribution is -2.32. The summed E-state index contributed by atoms with van der Waals surface area (Å²) in [5.41, 5.74) is 4.09. The molecule has 8 nitrogen and oxygen atoms in total. The first-order chi connectivity index (χ1) is 13.4. The largest absolute Gasteiger partial charge is 0.301 e. The maximum Gasteiger partial charge on any atom is 0.301 e. The van der Waals surface area contributed by atoms with E-state index in [1.54, 1.807) is 0 Å². The number of hydrogen-bond donors (Lipinski definition) is 1. The molecule has 1 N–H and O–H groups in total. The third-order valence-corrected chi connectivity index (χ3v) is 5.34. The van der Waals surface area contributed by atoms with E-state index in [4.69, 9.17) is 0 Å². The third-order valence-electron chi connectivity index (χ3n) is 5.34. The molecule has 1 fully saturated rings. The van der Waals surface area contributed by atoms with Crippen LogP contribution in [-0.2, 0) is 5.41 Å². The summed E-state index contributed by atoms with van der Waals surface area (Å²) in [6.07, 6.45) is 4.94. The third kappa shape index (κ3) is 4.00. The minimum atomic E-state index is -0.652. The average Bonchev–Trinajstić information content (AvgIpc) is 2.89. The monoisotopic (exact) mass is 382 g/mol. The van der Waals surface area contributed by atoms with Crippen LogP contribution < -0.4 is 5.43 Å². The Hall–Kier alpha value is -3.29. The number of rotatable bonds is 5. The molecule has 28 heavy (non-hydrogen) atoms. The zero-order chi connectivity index (χ0) is 20.1. The smallest absolute Gasteiger partial charge is 0.272 e. The van der Waals surface area contributed by atoms with Crippen molar-refractivity contribution in [2.75, 3.05) is 5.43 Å². The summed E-state index contributed by atoms with van der Waals surface area (Å²) >= 11 is 0. The van der Waals surface area contributed by atoms with Crippen LogP contribution in [0.15, 0.2) is 53.6 Å². The van der Waals surface area contributed by atoms with E-state index in [0.29, 0.717) is 0 Å². The summed E-state index contributed by atoms with van der Waals surface area (Å²) in [4.78, 5) is 21.0. The number of nitrogens with zero attached hydrogens (tertiary/aromatic N) is 3. The molecule has 0 saturated heterocycles. The number of hydrogen-bond acceptors (Lipinski definition) is 6. The molecule has 1 aliphatic rings. The van der Waals surface area contributed by atoms with Crippen molar-refractivity contribution in [1.82, 2.24) is 0 Å². The summed E-state index contributed by atoms with van der Waals surface area (Å²) < 4.78 is 0. The number of nitrogens with one attached hydrogen (secondary N) is 1. The Labute approximate surface area is 162 Å². The van der Waals surface area contributed by atoms with Crippen LogP contribution in [0.25, 0.3) is 0 Å². The van der Waals surface area contributed by atoms with Gasteiger partial charge >= 0.3 is 5.69 Å². The van der Waals surface area contributed by atoms with Gasteiger partial charge in [0.15, 0.2) is 0 Å². The number of benzene rings is 2. The quantitative estimate of drug-likeness (QED) is 0.434. The van der Waals surface area contributed by atoms with Crippen molar-refractivity contribution >= 4 is 22.8 Å². The van der Waals surface area contributed by atoms with Gasteiger partial charge in [-0.25, -0.2) is 0 Å². The van der Waals surface area contributed by atoms with Crippen LogP contribution in [0.5, 0.6) is 0 Å². The molecule has 146 valence electrons. The molecule has 0 bridgehead atoms. The van der Waals surface area contributed by atoms with Crippen molar-refractivity contribution in [3.8, 4) is 0 Å². The first-order valence-corrected chi connectivity index (χ1v) is 9.23. The molecule has 1 unspecified atom stereocenters. The van der Waals surface area contributed by atoms with Gasteiger partial charge < -0.3 is 0 Å². The van der Waals surface area contributed by atoms with Crippen LogP contribution in [0.1, 0.15) is 44.6 Å². The van der Waals surface area contributed by atoms with Crippen LogP contribution >= 0.6 is 0 Å². The fourth-order valence-corrected chi connectivity index (χ4v) is 3.67. The zero-order valence-electron chi connectivity index (χ0n) is 15.6. The Kier molecular flexibility index (Phi) is 5.67. The summed E-state index contributed by atoms with van der Waals surface area (Å²) in [5.74, 6) is 0. The SMILES string of the molecule is CC1(c2ccccc2)CCCCCC1=NNc1ccc([N+](=O)[O-])cc1[N+](=O)[O-]. The van der Waals surface area contributed by atoms with E-state index in [0.717, 1.165) is 49.4 Å². The highest BCUT2D eigenvalue weighted by atomic mass is 16.6. The fourth-order valence-electron chi connectivity index (χ4n) is 3.67. The average molecular weight is 382 g/mol. The number of hydrazone groups is 1. The van der Waals surface area contributed by atoms with E-state index in [9.17, 15) is 20.2 Å². The van der Waals surface area contributed by atoms with Crippen LogP contribution in [0.2, 0.25) is 0 Å². The van der Waals surface area contributed by atoms with Gasteiger partial charge in [0, 0.05) is 17.2 Å². The summed E-state index contributed by atoms with van der Waals surface area (Å²) in [7, 11) is 0. The highest BCUT2D eigenvalue weighted by Crippen LogP contribution is 2.37. The number of nitro groups is 2. The van der Waals surface area contributed by atoms with Crippen molar-refractivity contribution in [3.05, 3.63) is 74.3 Å². The Morgan fingerprint density at radius 1 is 1.00 bits per heavy atom. The summed E-state index contributed by atoms with van der Waals surface area (Å²) in [5, 5.41) is 26.8. The van der Waals surface area contributed by atoms with Gasteiger partial charge in [-0.1, -0.05) is 50.1 Å². The molecule has 0 aromatic heterocycles. The van der Waals surface area contributed by atoms with Crippen LogP contribution in [0.4, 0.5) is 17.1 Å². The van der Waals surface area contributed by atoms with Gasteiger partial charge in [-0.05, 0) is 30.9 Å². The lowest BCUT2D eigenvalue weighted by atomic mass is 9.75. The van der Waals surface area contributed by atoms with E-state index in [1.165, 1.54) is 12.1 Å². The van der Waals surface area contributed by atoms with Crippen LogP contribution in [-0.4, -0.2) is 15.6 Å².